The molecule has 104 valence electrons. The van der Waals surface area contributed by atoms with Gasteiger partial charge in [0.15, 0.2) is 0 Å². The topological polar surface area (TPSA) is 104 Å². The van der Waals surface area contributed by atoms with Gasteiger partial charge in [0.1, 0.15) is 5.82 Å². The molecule has 0 saturated heterocycles. The number of carboxylic acid groups (broad SMARTS) is 1. The number of carbonyl (C=O) groups excluding carboxylic acids is 1. The third kappa shape index (κ3) is 2.83. The molecule has 1 saturated carbocycles. The van der Waals surface area contributed by atoms with Crippen LogP contribution in [0.5, 0.6) is 0 Å². The van der Waals surface area contributed by atoms with Gasteiger partial charge in [-0.1, -0.05) is 6.42 Å². The highest BCUT2D eigenvalue weighted by Crippen LogP contribution is 2.38. The Bertz CT molecular complexity index is 504. The molecule has 0 radical (unpaired) electrons. The van der Waals surface area contributed by atoms with Crippen LogP contribution < -0.4 is 10.6 Å². The number of aromatic nitrogens is 2. The van der Waals surface area contributed by atoms with Crippen molar-refractivity contribution in [1.82, 2.24) is 14.7 Å². The van der Waals surface area contributed by atoms with Crippen LogP contribution in [0.15, 0.2) is 0 Å². The Morgan fingerprint density at radius 1 is 1.53 bits per heavy atom. The van der Waals surface area contributed by atoms with Gasteiger partial charge in [0.2, 0.25) is 5.13 Å². The quantitative estimate of drug-likeness (QED) is 0.782. The van der Waals surface area contributed by atoms with Crippen LogP contribution in [0.1, 0.15) is 32.0 Å². The van der Waals surface area contributed by atoms with Gasteiger partial charge in [0.25, 0.3) is 0 Å². The molecule has 7 nitrogen and oxygen atoms in total. The van der Waals surface area contributed by atoms with Crippen LogP contribution >= 0.6 is 11.5 Å². The summed E-state index contributed by atoms with van der Waals surface area (Å²) in [7, 11) is 0. The van der Waals surface area contributed by atoms with E-state index in [1.165, 1.54) is 0 Å². The molecule has 2 unspecified atom stereocenters. The minimum Gasteiger partial charge on any atom is -0.481 e. The standard InChI is InChI=1S/C11H16N4O3S/c1-6-12-10(19-15-6)14-9(18)13-7-4-3-5-11(7,2)8(16)17/h7H,3-5H2,1-2H3,(H,16,17)(H2,12,13,14,15,18). The molecule has 1 fully saturated rings. The first-order valence-corrected chi connectivity index (χ1v) is 6.80. The van der Waals surface area contributed by atoms with Gasteiger partial charge in [0.05, 0.1) is 5.41 Å². The summed E-state index contributed by atoms with van der Waals surface area (Å²) in [6.07, 6.45) is 2.04. The molecule has 19 heavy (non-hydrogen) atoms. The number of anilines is 1. The SMILES string of the molecule is Cc1nsc(NC(=O)NC2CCCC2(C)C(=O)O)n1. The number of aryl methyl sites for hydroxylation is 1. The molecular weight excluding hydrogens is 268 g/mol. The number of carbonyl (C=O) groups is 2. The lowest BCUT2D eigenvalue weighted by molar-refractivity contribution is -0.148. The molecule has 2 amide bonds. The van der Waals surface area contributed by atoms with E-state index in [-0.39, 0.29) is 6.04 Å². The van der Waals surface area contributed by atoms with Gasteiger partial charge in [-0.2, -0.15) is 4.37 Å². The lowest BCUT2D eigenvalue weighted by Crippen LogP contribution is -2.48. The van der Waals surface area contributed by atoms with Crippen molar-refractivity contribution in [2.45, 2.75) is 39.2 Å². The second-order valence-corrected chi connectivity index (χ2v) is 5.66. The molecule has 1 aromatic rings. The van der Waals surface area contributed by atoms with Crippen LogP contribution in [0.25, 0.3) is 0 Å². The molecule has 0 spiro atoms. The molecule has 0 aliphatic heterocycles. The second kappa shape index (κ2) is 5.12. The van der Waals surface area contributed by atoms with Gasteiger partial charge < -0.3 is 10.4 Å². The largest absolute Gasteiger partial charge is 0.481 e. The van der Waals surface area contributed by atoms with E-state index >= 15 is 0 Å². The normalized spacial score (nSPS) is 26.1. The fourth-order valence-electron chi connectivity index (χ4n) is 2.29. The van der Waals surface area contributed by atoms with Crippen molar-refractivity contribution in [1.29, 1.82) is 0 Å². The highest BCUT2D eigenvalue weighted by atomic mass is 32.1. The lowest BCUT2D eigenvalue weighted by atomic mass is 9.85. The summed E-state index contributed by atoms with van der Waals surface area (Å²) in [6.45, 7) is 3.40. The maximum Gasteiger partial charge on any atom is 0.321 e. The van der Waals surface area contributed by atoms with Crippen molar-refractivity contribution < 1.29 is 14.7 Å². The number of carboxylic acids is 1. The van der Waals surface area contributed by atoms with Crippen LogP contribution in [0, 0.1) is 12.3 Å². The maximum absolute atomic E-state index is 11.8. The second-order valence-electron chi connectivity index (χ2n) is 4.91. The summed E-state index contributed by atoms with van der Waals surface area (Å²) in [5, 5.41) is 14.9. The van der Waals surface area contributed by atoms with Gasteiger partial charge in [-0.25, -0.2) is 9.78 Å². The zero-order valence-electron chi connectivity index (χ0n) is 10.8. The molecule has 1 aromatic heterocycles. The number of nitrogens with zero attached hydrogens (tertiary/aromatic N) is 2. The van der Waals surface area contributed by atoms with Crippen molar-refractivity contribution in [3.8, 4) is 0 Å². The molecule has 8 heteroatoms. The van der Waals surface area contributed by atoms with Crippen molar-refractivity contribution >= 4 is 28.7 Å². The highest BCUT2D eigenvalue weighted by molar-refractivity contribution is 7.09. The predicted octanol–water partition coefficient (Wildman–Crippen LogP) is 1.61. The average Bonchev–Trinajstić information content (AvgIpc) is 2.87. The predicted molar refractivity (Wildman–Crippen MR) is 70.2 cm³/mol. The lowest BCUT2D eigenvalue weighted by Gasteiger charge is -2.27. The Labute approximate surface area is 114 Å². The number of hydrogen-bond acceptors (Lipinski definition) is 5. The van der Waals surface area contributed by atoms with Gasteiger partial charge in [0, 0.05) is 17.6 Å². The van der Waals surface area contributed by atoms with Crippen molar-refractivity contribution in [2.75, 3.05) is 5.32 Å². The monoisotopic (exact) mass is 284 g/mol. The van der Waals surface area contributed by atoms with E-state index in [1.54, 1.807) is 13.8 Å². The Morgan fingerprint density at radius 3 is 2.84 bits per heavy atom. The summed E-state index contributed by atoms with van der Waals surface area (Å²) in [6, 6.07) is -0.797. The molecule has 1 aliphatic rings. The number of nitrogens with one attached hydrogen (secondary N) is 2. The Kier molecular flexibility index (Phi) is 3.70. The smallest absolute Gasteiger partial charge is 0.321 e. The van der Waals surface area contributed by atoms with E-state index in [0.29, 0.717) is 23.8 Å². The molecule has 0 bridgehead atoms. The minimum atomic E-state index is -0.894. The number of rotatable bonds is 3. The van der Waals surface area contributed by atoms with Crippen molar-refractivity contribution in [3.05, 3.63) is 5.82 Å². The van der Waals surface area contributed by atoms with Gasteiger partial charge in [-0.05, 0) is 26.7 Å². The summed E-state index contributed by atoms with van der Waals surface area (Å²) >= 11 is 1.09. The number of aliphatic carboxylic acids is 1. The van der Waals surface area contributed by atoms with Gasteiger partial charge in [-0.15, -0.1) is 0 Å². The van der Waals surface area contributed by atoms with E-state index in [0.717, 1.165) is 18.0 Å². The van der Waals surface area contributed by atoms with Crippen LogP contribution in [0.3, 0.4) is 0 Å². The number of amides is 2. The number of urea groups is 1. The Hall–Kier alpha value is -1.70. The minimum absolute atomic E-state index is 0.362. The van der Waals surface area contributed by atoms with E-state index in [2.05, 4.69) is 20.0 Å². The first kappa shape index (κ1) is 13.7. The van der Waals surface area contributed by atoms with E-state index in [9.17, 15) is 14.7 Å². The van der Waals surface area contributed by atoms with Crippen LogP contribution in [0.4, 0.5) is 9.93 Å². The Morgan fingerprint density at radius 2 is 2.26 bits per heavy atom. The van der Waals surface area contributed by atoms with Crippen LogP contribution in [0.2, 0.25) is 0 Å². The molecule has 2 atom stereocenters. The molecule has 3 N–H and O–H groups in total. The molecule has 1 aliphatic carbocycles. The molecule has 1 heterocycles. The van der Waals surface area contributed by atoms with Gasteiger partial charge in [-0.3, -0.25) is 10.1 Å². The third-order valence-corrected chi connectivity index (χ3v) is 4.22. The van der Waals surface area contributed by atoms with Crippen molar-refractivity contribution in [3.63, 3.8) is 0 Å². The summed E-state index contributed by atoms with van der Waals surface area (Å²) < 4.78 is 3.95. The van der Waals surface area contributed by atoms with E-state index < -0.39 is 17.4 Å². The zero-order valence-corrected chi connectivity index (χ0v) is 11.6. The third-order valence-electron chi connectivity index (χ3n) is 3.50. The molecular formula is C11H16N4O3S. The van der Waals surface area contributed by atoms with E-state index in [4.69, 9.17) is 0 Å². The van der Waals surface area contributed by atoms with Crippen LogP contribution in [-0.4, -0.2) is 32.5 Å². The van der Waals surface area contributed by atoms with Gasteiger partial charge >= 0.3 is 12.0 Å². The molecule has 2 rings (SSSR count). The zero-order chi connectivity index (χ0) is 14.0. The highest BCUT2D eigenvalue weighted by Gasteiger charge is 2.45. The average molecular weight is 284 g/mol. The first-order valence-electron chi connectivity index (χ1n) is 6.03. The fraction of sp³-hybridized carbons (Fsp3) is 0.636. The maximum atomic E-state index is 11.8. The van der Waals surface area contributed by atoms with Crippen LogP contribution in [-0.2, 0) is 4.79 Å². The van der Waals surface area contributed by atoms with Crippen molar-refractivity contribution in [2.24, 2.45) is 5.41 Å². The Balaban J connectivity index is 1.97. The van der Waals surface area contributed by atoms with E-state index in [1.807, 2.05) is 0 Å². The summed E-state index contributed by atoms with van der Waals surface area (Å²) in [4.78, 5) is 27.1. The first-order chi connectivity index (χ1) is 8.91. The fourth-order valence-corrected chi connectivity index (χ4v) is 2.86. The summed E-state index contributed by atoms with van der Waals surface area (Å²) in [5.41, 5.74) is -0.894. The number of hydrogen-bond donors (Lipinski definition) is 3. The molecule has 0 aromatic carbocycles. The summed E-state index contributed by atoms with van der Waals surface area (Å²) in [5.74, 6) is -0.279.